The van der Waals surface area contributed by atoms with Gasteiger partial charge >= 0.3 is 5.97 Å². The highest BCUT2D eigenvalue weighted by atomic mass is 79.9. The minimum Gasteiger partial charge on any atom is -0.465 e. The first-order chi connectivity index (χ1) is 7.14. The molecular formula is C10H13Br3O2. The summed E-state index contributed by atoms with van der Waals surface area (Å²) in [5.41, 5.74) is -0.0915. The number of esters is 1. The summed E-state index contributed by atoms with van der Waals surface area (Å²) in [5, 5.41) is 2.29. The van der Waals surface area contributed by atoms with Crippen LogP contribution in [0.2, 0.25) is 0 Å². The molecule has 0 aromatic rings. The van der Waals surface area contributed by atoms with Crippen molar-refractivity contribution < 1.29 is 9.53 Å². The molecule has 0 spiro atoms. The predicted octanol–water partition coefficient (Wildman–Crippen LogP) is 3.11. The molecule has 0 radical (unpaired) electrons. The minimum absolute atomic E-state index is 0.0915. The first-order valence-electron chi connectivity index (χ1n) is 4.41. The van der Waals surface area contributed by atoms with Crippen LogP contribution in [0, 0.1) is 17.8 Å². The van der Waals surface area contributed by atoms with E-state index in [2.05, 4.69) is 53.7 Å². The lowest BCUT2D eigenvalue weighted by molar-refractivity contribution is -0.145. The Balaban J connectivity index is 4.00. The van der Waals surface area contributed by atoms with Gasteiger partial charge in [0.05, 0.1) is 13.0 Å². The van der Waals surface area contributed by atoms with Gasteiger partial charge < -0.3 is 4.74 Å². The molecule has 0 N–H and O–H groups in total. The van der Waals surface area contributed by atoms with E-state index in [0.29, 0.717) is 19.4 Å². The van der Waals surface area contributed by atoms with Crippen LogP contribution in [0.1, 0.15) is 12.8 Å². The number of rotatable bonds is 7. The van der Waals surface area contributed by atoms with Gasteiger partial charge in [-0.3, -0.25) is 4.79 Å². The first-order valence-corrected chi connectivity index (χ1v) is 7.77. The zero-order chi connectivity index (χ0) is 11.7. The molecule has 0 aliphatic rings. The van der Waals surface area contributed by atoms with E-state index < -0.39 is 0 Å². The highest BCUT2D eigenvalue weighted by molar-refractivity contribution is 9.10. The molecule has 0 bridgehead atoms. The average molecular weight is 405 g/mol. The second-order valence-corrected chi connectivity index (χ2v) is 4.95. The standard InChI is InChI=1S/C10H13Br3O2/c1-2-3-4-9(14)15-8-10(5-11,6-12)7-13/h1H,3-8H2. The summed E-state index contributed by atoms with van der Waals surface area (Å²) >= 11 is 10.2. The topological polar surface area (TPSA) is 26.3 Å². The number of hydrogen-bond acceptors (Lipinski definition) is 2. The molecule has 0 aromatic heterocycles. The van der Waals surface area contributed by atoms with Crippen molar-refractivity contribution in [1.29, 1.82) is 0 Å². The van der Waals surface area contributed by atoms with Gasteiger partial charge in [-0.15, -0.1) is 12.3 Å². The summed E-state index contributed by atoms with van der Waals surface area (Å²) in [4.78, 5) is 11.2. The fraction of sp³-hybridized carbons (Fsp3) is 0.700. The van der Waals surface area contributed by atoms with Crippen molar-refractivity contribution in [3.63, 3.8) is 0 Å². The Morgan fingerprint density at radius 3 is 2.20 bits per heavy atom. The largest absolute Gasteiger partial charge is 0.465 e. The predicted molar refractivity (Wildman–Crippen MR) is 72.8 cm³/mol. The van der Waals surface area contributed by atoms with Gasteiger partial charge in [-0.05, 0) is 0 Å². The Morgan fingerprint density at radius 1 is 1.27 bits per heavy atom. The van der Waals surface area contributed by atoms with E-state index in [1.807, 2.05) is 0 Å². The number of hydrogen-bond donors (Lipinski definition) is 0. The van der Waals surface area contributed by atoms with Gasteiger partial charge in [-0.2, -0.15) is 0 Å². The van der Waals surface area contributed by atoms with Crippen molar-refractivity contribution >= 4 is 53.8 Å². The van der Waals surface area contributed by atoms with E-state index in [1.54, 1.807) is 0 Å². The molecule has 0 aliphatic carbocycles. The number of carbonyl (C=O) groups is 1. The molecule has 15 heavy (non-hydrogen) atoms. The molecule has 0 saturated heterocycles. The van der Waals surface area contributed by atoms with Gasteiger partial charge in [0.2, 0.25) is 0 Å². The molecule has 0 fully saturated rings. The molecule has 0 aromatic carbocycles. The summed E-state index contributed by atoms with van der Waals surface area (Å²) in [7, 11) is 0. The van der Waals surface area contributed by atoms with Gasteiger partial charge in [-0.25, -0.2) is 0 Å². The van der Waals surface area contributed by atoms with Crippen LogP contribution in [0.15, 0.2) is 0 Å². The summed E-state index contributed by atoms with van der Waals surface area (Å²) in [6.45, 7) is 0.387. The van der Waals surface area contributed by atoms with E-state index in [1.165, 1.54) is 0 Å². The molecule has 0 atom stereocenters. The van der Waals surface area contributed by atoms with Crippen LogP contribution in [-0.2, 0) is 9.53 Å². The molecule has 0 heterocycles. The lowest BCUT2D eigenvalue weighted by Crippen LogP contribution is -2.33. The van der Waals surface area contributed by atoms with Gasteiger partial charge in [0.1, 0.15) is 0 Å². The van der Waals surface area contributed by atoms with Gasteiger partial charge in [0.15, 0.2) is 0 Å². The highest BCUT2D eigenvalue weighted by Gasteiger charge is 2.28. The third-order valence-electron chi connectivity index (χ3n) is 1.86. The maximum Gasteiger partial charge on any atom is 0.306 e. The van der Waals surface area contributed by atoms with Crippen molar-refractivity contribution in [2.75, 3.05) is 22.6 Å². The summed E-state index contributed by atoms with van der Waals surface area (Å²) in [6, 6.07) is 0. The lowest BCUT2D eigenvalue weighted by Gasteiger charge is -2.26. The smallest absolute Gasteiger partial charge is 0.306 e. The normalized spacial score (nSPS) is 10.8. The molecule has 86 valence electrons. The summed E-state index contributed by atoms with van der Waals surface area (Å²) in [5.74, 6) is 2.17. The Kier molecular flexibility index (Phi) is 8.87. The molecule has 0 saturated carbocycles. The Labute approximate surface area is 116 Å². The van der Waals surface area contributed by atoms with Crippen LogP contribution < -0.4 is 0 Å². The minimum atomic E-state index is -0.236. The number of ether oxygens (including phenoxy) is 1. The third kappa shape index (κ3) is 5.94. The first kappa shape index (κ1) is 15.5. The molecule has 5 heteroatoms. The second-order valence-electron chi connectivity index (χ2n) is 3.27. The maximum atomic E-state index is 11.2. The van der Waals surface area contributed by atoms with Crippen LogP contribution in [0.4, 0.5) is 0 Å². The second kappa shape index (κ2) is 8.60. The van der Waals surface area contributed by atoms with E-state index in [0.717, 1.165) is 16.0 Å². The zero-order valence-corrected chi connectivity index (χ0v) is 13.0. The third-order valence-corrected chi connectivity index (χ3v) is 5.43. The van der Waals surface area contributed by atoms with Crippen LogP contribution in [0.3, 0.4) is 0 Å². The van der Waals surface area contributed by atoms with Crippen LogP contribution in [0.5, 0.6) is 0 Å². The molecule has 0 rings (SSSR count). The maximum absolute atomic E-state index is 11.2. The van der Waals surface area contributed by atoms with E-state index in [4.69, 9.17) is 11.2 Å². The van der Waals surface area contributed by atoms with Crippen LogP contribution in [-0.4, -0.2) is 28.6 Å². The summed E-state index contributed by atoms with van der Waals surface area (Å²) in [6.07, 6.45) is 5.78. The average Bonchev–Trinajstić information content (AvgIpc) is 2.29. The van der Waals surface area contributed by atoms with Crippen molar-refractivity contribution in [2.45, 2.75) is 12.8 Å². The van der Waals surface area contributed by atoms with E-state index in [-0.39, 0.29) is 11.4 Å². The summed E-state index contributed by atoms with van der Waals surface area (Å²) < 4.78 is 5.16. The van der Waals surface area contributed by atoms with Crippen molar-refractivity contribution in [2.24, 2.45) is 5.41 Å². The fourth-order valence-corrected chi connectivity index (χ4v) is 3.97. The number of carbonyl (C=O) groups excluding carboxylic acids is 1. The fourth-order valence-electron chi connectivity index (χ4n) is 0.703. The van der Waals surface area contributed by atoms with E-state index in [9.17, 15) is 4.79 Å². The number of terminal acetylenes is 1. The van der Waals surface area contributed by atoms with Gasteiger partial charge in [-0.1, -0.05) is 47.8 Å². The quantitative estimate of drug-likeness (QED) is 0.370. The number of halogens is 3. The molecule has 2 nitrogen and oxygen atoms in total. The molecule has 0 amide bonds. The van der Waals surface area contributed by atoms with Gasteiger partial charge in [0, 0.05) is 27.8 Å². The molecule has 0 unspecified atom stereocenters. The SMILES string of the molecule is C#CCCC(=O)OCC(CBr)(CBr)CBr. The Bertz CT molecular complexity index is 223. The lowest BCUT2D eigenvalue weighted by atomic mass is 9.98. The monoisotopic (exact) mass is 402 g/mol. The van der Waals surface area contributed by atoms with Gasteiger partial charge in [0.25, 0.3) is 0 Å². The molecule has 0 aliphatic heterocycles. The van der Waals surface area contributed by atoms with Crippen LogP contribution >= 0.6 is 47.8 Å². The highest BCUT2D eigenvalue weighted by Crippen LogP contribution is 2.26. The zero-order valence-electron chi connectivity index (χ0n) is 8.27. The Morgan fingerprint density at radius 2 is 1.80 bits per heavy atom. The molecular weight excluding hydrogens is 392 g/mol. The Hall–Kier alpha value is 0.470. The van der Waals surface area contributed by atoms with Crippen molar-refractivity contribution in [1.82, 2.24) is 0 Å². The van der Waals surface area contributed by atoms with Crippen LogP contribution in [0.25, 0.3) is 0 Å². The number of alkyl halides is 3. The van der Waals surface area contributed by atoms with E-state index >= 15 is 0 Å². The van der Waals surface area contributed by atoms with Crippen molar-refractivity contribution in [3.8, 4) is 12.3 Å². The van der Waals surface area contributed by atoms with Crippen molar-refractivity contribution in [3.05, 3.63) is 0 Å².